The van der Waals surface area contributed by atoms with Crippen molar-refractivity contribution in [2.24, 2.45) is 5.92 Å². The third kappa shape index (κ3) is 5.42. The van der Waals surface area contributed by atoms with E-state index in [1.54, 1.807) is 6.92 Å². The van der Waals surface area contributed by atoms with E-state index in [-0.39, 0.29) is 18.9 Å². The summed E-state index contributed by atoms with van der Waals surface area (Å²) in [7, 11) is 0. The van der Waals surface area contributed by atoms with Crippen LogP contribution < -0.4 is 0 Å². The molecule has 1 N–H and O–H groups in total. The molecule has 1 unspecified atom stereocenters. The molecule has 0 aliphatic rings. The van der Waals surface area contributed by atoms with Crippen LogP contribution in [-0.4, -0.2) is 24.1 Å². The second kappa shape index (κ2) is 6.22. The highest BCUT2D eigenvalue weighted by atomic mass is 19.3. The Balaban J connectivity index is 3.70. The van der Waals surface area contributed by atoms with E-state index in [0.29, 0.717) is 12.8 Å². The van der Waals surface area contributed by atoms with Crippen LogP contribution in [-0.2, 0) is 0 Å². The third-order valence-corrected chi connectivity index (χ3v) is 2.14. The lowest BCUT2D eigenvalue weighted by molar-refractivity contribution is -0.135. The molecule has 5 heteroatoms. The molecule has 0 bridgehead atoms. The summed E-state index contributed by atoms with van der Waals surface area (Å²) >= 11 is 0. The zero-order chi connectivity index (χ0) is 11.2. The van der Waals surface area contributed by atoms with E-state index >= 15 is 0 Å². The summed E-state index contributed by atoms with van der Waals surface area (Å²) in [4.78, 5) is 0. The Morgan fingerprint density at radius 1 is 1.21 bits per heavy atom. The van der Waals surface area contributed by atoms with E-state index in [9.17, 15) is 17.6 Å². The summed E-state index contributed by atoms with van der Waals surface area (Å²) in [5, 5.41) is 8.46. The smallest absolute Gasteiger partial charge is 0.307 e. The zero-order valence-corrected chi connectivity index (χ0v) is 8.15. The maximum Gasteiger partial charge on any atom is 0.307 e. The van der Waals surface area contributed by atoms with Crippen LogP contribution in [0.5, 0.6) is 0 Å². The van der Waals surface area contributed by atoms with Crippen molar-refractivity contribution in [3.05, 3.63) is 0 Å². The number of aliphatic hydroxyl groups excluding tert-OH is 1. The van der Waals surface area contributed by atoms with Gasteiger partial charge in [0.05, 0.1) is 0 Å². The fourth-order valence-corrected chi connectivity index (χ4v) is 1.13. The molecule has 86 valence electrons. The number of halogens is 4. The molecule has 1 atom stereocenters. The monoisotopic (exact) mass is 216 g/mol. The highest BCUT2D eigenvalue weighted by Crippen LogP contribution is 2.30. The second-order valence-corrected chi connectivity index (χ2v) is 3.57. The van der Waals surface area contributed by atoms with Crippen LogP contribution in [0.3, 0.4) is 0 Å². The Bertz CT molecular complexity index is 150. The van der Waals surface area contributed by atoms with Crippen molar-refractivity contribution in [3.8, 4) is 0 Å². The number of hydrogen-bond donors (Lipinski definition) is 1. The largest absolute Gasteiger partial charge is 0.396 e. The average Bonchev–Trinajstić information content (AvgIpc) is 2.11. The van der Waals surface area contributed by atoms with Crippen LogP contribution >= 0.6 is 0 Å². The predicted molar refractivity (Wildman–Crippen MR) is 45.7 cm³/mol. The van der Waals surface area contributed by atoms with Gasteiger partial charge >= 0.3 is 12.3 Å². The molecule has 0 spiro atoms. The van der Waals surface area contributed by atoms with Gasteiger partial charge in [0.25, 0.3) is 0 Å². The summed E-state index contributed by atoms with van der Waals surface area (Å²) in [5.41, 5.74) is 0. The first-order valence-corrected chi connectivity index (χ1v) is 4.67. The summed E-state index contributed by atoms with van der Waals surface area (Å²) in [6.07, 6.45) is -3.17. The number of alkyl halides is 4. The van der Waals surface area contributed by atoms with Crippen LogP contribution in [0.15, 0.2) is 0 Å². The van der Waals surface area contributed by atoms with Gasteiger partial charge in [0, 0.05) is 13.0 Å². The van der Waals surface area contributed by atoms with Crippen molar-refractivity contribution in [1.82, 2.24) is 0 Å². The molecule has 0 amide bonds. The fourth-order valence-electron chi connectivity index (χ4n) is 1.13. The predicted octanol–water partition coefficient (Wildman–Crippen LogP) is 3.08. The van der Waals surface area contributed by atoms with Gasteiger partial charge in [0.15, 0.2) is 0 Å². The molecule has 0 aliphatic carbocycles. The number of aliphatic hydroxyl groups is 1. The molecular weight excluding hydrogens is 200 g/mol. The molecule has 0 saturated carbocycles. The minimum absolute atomic E-state index is 0.00950. The van der Waals surface area contributed by atoms with Gasteiger partial charge in [-0.15, -0.1) is 0 Å². The lowest BCUT2D eigenvalue weighted by atomic mass is 9.98. The lowest BCUT2D eigenvalue weighted by Gasteiger charge is -2.17. The maximum atomic E-state index is 12.4. The quantitative estimate of drug-likeness (QED) is 0.648. The summed E-state index contributed by atoms with van der Waals surface area (Å²) in [6, 6.07) is 0. The van der Waals surface area contributed by atoms with Crippen LogP contribution in [0.2, 0.25) is 0 Å². The van der Waals surface area contributed by atoms with Crippen molar-refractivity contribution in [2.75, 3.05) is 6.61 Å². The number of hydrogen-bond acceptors (Lipinski definition) is 1. The fraction of sp³-hybridized carbons (Fsp3) is 1.00. The average molecular weight is 216 g/mol. The van der Waals surface area contributed by atoms with Crippen LogP contribution in [0.25, 0.3) is 0 Å². The van der Waals surface area contributed by atoms with Crippen LogP contribution in [0.4, 0.5) is 17.6 Å². The molecule has 0 saturated heterocycles. The van der Waals surface area contributed by atoms with Gasteiger partial charge in [-0.25, -0.2) is 17.6 Å². The molecule has 0 rings (SSSR count). The van der Waals surface area contributed by atoms with Crippen molar-refractivity contribution in [2.45, 2.75) is 45.0 Å². The molecule has 1 nitrogen and oxygen atoms in total. The van der Waals surface area contributed by atoms with E-state index in [1.807, 2.05) is 0 Å². The van der Waals surface area contributed by atoms with Gasteiger partial charge in [-0.05, 0) is 25.2 Å². The molecule has 0 fully saturated rings. The molecule has 0 radical (unpaired) electrons. The van der Waals surface area contributed by atoms with E-state index in [4.69, 9.17) is 5.11 Å². The minimum atomic E-state index is -3.87. The van der Waals surface area contributed by atoms with E-state index in [1.165, 1.54) is 0 Å². The van der Waals surface area contributed by atoms with Crippen molar-refractivity contribution in [3.63, 3.8) is 0 Å². The summed E-state index contributed by atoms with van der Waals surface area (Å²) < 4.78 is 48.3. The van der Waals surface area contributed by atoms with Crippen molar-refractivity contribution in [1.29, 1.82) is 0 Å². The Kier molecular flexibility index (Phi) is 6.08. The Morgan fingerprint density at radius 2 is 1.79 bits per heavy atom. The van der Waals surface area contributed by atoms with E-state index in [2.05, 4.69) is 0 Å². The van der Waals surface area contributed by atoms with Gasteiger partial charge in [0.1, 0.15) is 0 Å². The SMILES string of the molecule is CC(CCCO)CCC(F)(F)C(F)F. The Morgan fingerprint density at radius 3 is 2.21 bits per heavy atom. The van der Waals surface area contributed by atoms with Gasteiger partial charge in [-0.2, -0.15) is 0 Å². The van der Waals surface area contributed by atoms with Crippen molar-refractivity contribution < 1.29 is 22.7 Å². The van der Waals surface area contributed by atoms with Crippen LogP contribution in [0.1, 0.15) is 32.6 Å². The van der Waals surface area contributed by atoms with Gasteiger partial charge in [0.2, 0.25) is 0 Å². The van der Waals surface area contributed by atoms with Gasteiger partial charge < -0.3 is 5.11 Å². The molecule has 0 aromatic rings. The molecule has 0 heterocycles. The van der Waals surface area contributed by atoms with Crippen molar-refractivity contribution >= 4 is 0 Å². The highest BCUT2D eigenvalue weighted by Gasteiger charge is 2.40. The Hall–Kier alpha value is -0.320. The van der Waals surface area contributed by atoms with Gasteiger partial charge in [-0.1, -0.05) is 6.92 Å². The Labute approximate surface area is 81.1 Å². The zero-order valence-electron chi connectivity index (χ0n) is 8.15. The van der Waals surface area contributed by atoms with E-state index < -0.39 is 18.8 Å². The molecule has 0 aromatic heterocycles. The molecule has 0 aliphatic heterocycles. The van der Waals surface area contributed by atoms with Crippen LogP contribution in [0, 0.1) is 5.92 Å². The standard InChI is InChI=1S/C9H16F4O/c1-7(3-2-6-14)4-5-9(12,13)8(10)11/h7-8,14H,2-6H2,1H3. The first-order valence-electron chi connectivity index (χ1n) is 4.67. The topological polar surface area (TPSA) is 20.2 Å². The molecule has 14 heavy (non-hydrogen) atoms. The maximum absolute atomic E-state index is 12.4. The second-order valence-electron chi connectivity index (χ2n) is 3.57. The minimum Gasteiger partial charge on any atom is -0.396 e. The molecular formula is C9H16F4O. The lowest BCUT2D eigenvalue weighted by Crippen LogP contribution is -2.26. The molecule has 0 aromatic carbocycles. The summed E-state index contributed by atoms with van der Waals surface area (Å²) in [5.74, 6) is -3.92. The van der Waals surface area contributed by atoms with Gasteiger partial charge in [-0.3, -0.25) is 0 Å². The number of rotatable bonds is 7. The normalized spacial score (nSPS) is 14.8. The first kappa shape index (κ1) is 13.7. The van der Waals surface area contributed by atoms with E-state index in [0.717, 1.165) is 0 Å². The third-order valence-electron chi connectivity index (χ3n) is 2.14. The summed E-state index contributed by atoms with van der Waals surface area (Å²) in [6.45, 7) is 1.73. The first-order chi connectivity index (χ1) is 6.40. The highest BCUT2D eigenvalue weighted by molar-refractivity contribution is 4.70.